The Morgan fingerprint density at radius 2 is 1.88 bits per heavy atom. The Kier molecular flexibility index (Phi) is 5.63. The zero-order chi connectivity index (χ0) is 17.9. The lowest BCUT2D eigenvalue weighted by Gasteiger charge is -2.32. The number of urea groups is 1. The molecule has 0 unspecified atom stereocenters. The maximum atomic E-state index is 12.3. The first-order valence-corrected chi connectivity index (χ1v) is 10.6. The summed E-state index contributed by atoms with van der Waals surface area (Å²) in [6.45, 7) is 0.960. The second-order valence-corrected chi connectivity index (χ2v) is 9.02. The Morgan fingerprint density at radius 3 is 2.52 bits per heavy atom. The van der Waals surface area contributed by atoms with Crippen LogP contribution in [0.15, 0.2) is 46.0 Å². The number of anilines is 1. The first kappa shape index (κ1) is 18.2. The van der Waals surface area contributed by atoms with Crippen molar-refractivity contribution in [3.8, 4) is 0 Å². The number of thiophene rings is 1. The molecular formula is C16H18ClN3O3S2. The van der Waals surface area contributed by atoms with Gasteiger partial charge in [-0.1, -0.05) is 29.8 Å². The van der Waals surface area contributed by atoms with Crippen LogP contribution >= 0.6 is 22.9 Å². The highest BCUT2D eigenvalue weighted by molar-refractivity contribution is 7.91. The smallest absolute Gasteiger partial charge is 0.321 e. The van der Waals surface area contributed by atoms with Crippen LogP contribution in [0.1, 0.15) is 12.8 Å². The summed E-state index contributed by atoms with van der Waals surface area (Å²) in [5.41, 5.74) is 0.565. The Morgan fingerprint density at radius 1 is 1.16 bits per heavy atom. The number of likely N-dealkylation sites (tertiary alicyclic amines) is 1. The van der Waals surface area contributed by atoms with Gasteiger partial charge in [0.25, 0.3) is 0 Å². The van der Waals surface area contributed by atoms with Gasteiger partial charge in [0, 0.05) is 19.1 Å². The van der Waals surface area contributed by atoms with E-state index in [1.807, 2.05) is 0 Å². The molecule has 0 aliphatic carbocycles. The van der Waals surface area contributed by atoms with E-state index in [1.165, 1.54) is 11.3 Å². The number of para-hydroxylation sites is 1. The van der Waals surface area contributed by atoms with Gasteiger partial charge in [-0.15, -0.1) is 11.3 Å². The van der Waals surface area contributed by atoms with Crippen molar-refractivity contribution in [3.63, 3.8) is 0 Å². The van der Waals surface area contributed by atoms with E-state index in [-0.39, 0.29) is 12.1 Å². The molecule has 2 aromatic rings. The number of hydrogen-bond donors (Lipinski definition) is 2. The van der Waals surface area contributed by atoms with Crippen LogP contribution in [-0.4, -0.2) is 38.5 Å². The second-order valence-electron chi connectivity index (χ2n) is 5.72. The van der Waals surface area contributed by atoms with Crippen molar-refractivity contribution in [3.05, 3.63) is 46.8 Å². The Balaban J connectivity index is 1.53. The standard InChI is InChI=1S/C16H18ClN3O3S2/c17-13-4-1-2-5-14(13)18-16(21)20-9-7-12(8-10-20)19-25(22,23)15-6-3-11-24-15/h1-6,11-12,19H,7-10H2,(H,18,21). The fraction of sp³-hybridized carbons (Fsp3) is 0.312. The number of amides is 2. The number of carbonyl (C=O) groups excluding carboxylic acids is 1. The molecule has 1 aliphatic rings. The Labute approximate surface area is 155 Å². The van der Waals surface area contributed by atoms with E-state index in [4.69, 9.17) is 11.6 Å². The van der Waals surface area contributed by atoms with Gasteiger partial charge in [0.15, 0.2) is 0 Å². The fourth-order valence-electron chi connectivity index (χ4n) is 2.65. The average molecular weight is 400 g/mol. The molecule has 1 aromatic carbocycles. The molecule has 134 valence electrons. The summed E-state index contributed by atoms with van der Waals surface area (Å²) in [7, 11) is -3.48. The largest absolute Gasteiger partial charge is 0.324 e. The monoisotopic (exact) mass is 399 g/mol. The molecule has 1 saturated heterocycles. The van der Waals surface area contributed by atoms with Gasteiger partial charge in [0.05, 0.1) is 10.7 Å². The fourth-order valence-corrected chi connectivity index (χ4v) is 5.15. The highest BCUT2D eigenvalue weighted by atomic mass is 35.5. The molecule has 1 aliphatic heterocycles. The number of sulfonamides is 1. The van der Waals surface area contributed by atoms with E-state index in [1.54, 1.807) is 46.7 Å². The number of nitrogens with one attached hydrogen (secondary N) is 2. The second kappa shape index (κ2) is 7.74. The van der Waals surface area contributed by atoms with E-state index in [0.717, 1.165) is 0 Å². The summed E-state index contributed by atoms with van der Waals surface area (Å²) in [4.78, 5) is 14.0. The molecule has 2 amide bonds. The van der Waals surface area contributed by atoms with Gasteiger partial charge in [-0.05, 0) is 36.4 Å². The van der Waals surface area contributed by atoms with Crippen LogP contribution in [0.25, 0.3) is 0 Å². The molecule has 2 N–H and O–H groups in total. The van der Waals surface area contributed by atoms with Gasteiger partial charge >= 0.3 is 6.03 Å². The number of piperidine rings is 1. The molecule has 0 atom stereocenters. The van der Waals surface area contributed by atoms with E-state index < -0.39 is 10.0 Å². The van der Waals surface area contributed by atoms with E-state index in [0.29, 0.717) is 40.9 Å². The van der Waals surface area contributed by atoms with Crippen molar-refractivity contribution in [2.75, 3.05) is 18.4 Å². The van der Waals surface area contributed by atoms with Crippen LogP contribution in [0.4, 0.5) is 10.5 Å². The van der Waals surface area contributed by atoms with Crippen LogP contribution in [0, 0.1) is 0 Å². The van der Waals surface area contributed by atoms with Crippen molar-refractivity contribution in [2.45, 2.75) is 23.1 Å². The maximum Gasteiger partial charge on any atom is 0.321 e. The minimum absolute atomic E-state index is 0.170. The van der Waals surface area contributed by atoms with Crippen LogP contribution in [0.3, 0.4) is 0 Å². The first-order valence-electron chi connectivity index (χ1n) is 7.82. The SMILES string of the molecule is O=C(Nc1ccccc1Cl)N1CCC(NS(=O)(=O)c2cccs2)CC1. The number of carbonyl (C=O) groups is 1. The molecule has 0 spiro atoms. The van der Waals surface area contributed by atoms with Gasteiger partial charge in [-0.3, -0.25) is 0 Å². The van der Waals surface area contributed by atoms with Crippen LogP contribution < -0.4 is 10.0 Å². The van der Waals surface area contributed by atoms with Crippen molar-refractivity contribution in [1.82, 2.24) is 9.62 Å². The van der Waals surface area contributed by atoms with Crippen molar-refractivity contribution in [1.29, 1.82) is 0 Å². The molecule has 0 bridgehead atoms. The van der Waals surface area contributed by atoms with Gasteiger partial charge in [-0.2, -0.15) is 0 Å². The summed E-state index contributed by atoms with van der Waals surface area (Å²) in [6.07, 6.45) is 1.14. The van der Waals surface area contributed by atoms with Crippen LogP contribution in [0.5, 0.6) is 0 Å². The lowest BCUT2D eigenvalue weighted by Crippen LogP contribution is -2.47. The molecule has 1 fully saturated rings. The third-order valence-electron chi connectivity index (χ3n) is 3.98. The average Bonchev–Trinajstić information content (AvgIpc) is 3.13. The normalized spacial score (nSPS) is 16.0. The first-order chi connectivity index (χ1) is 12.0. The minimum Gasteiger partial charge on any atom is -0.324 e. The summed E-state index contributed by atoms with van der Waals surface area (Å²) in [5.74, 6) is 0. The molecule has 0 radical (unpaired) electrons. The van der Waals surface area contributed by atoms with E-state index in [2.05, 4.69) is 10.0 Å². The van der Waals surface area contributed by atoms with Crippen molar-refractivity contribution < 1.29 is 13.2 Å². The summed E-state index contributed by atoms with van der Waals surface area (Å²) in [6, 6.07) is 9.94. The van der Waals surface area contributed by atoms with E-state index >= 15 is 0 Å². The van der Waals surface area contributed by atoms with Crippen LogP contribution in [-0.2, 0) is 10.0 Å². The summed E-state index contributed by atoms with van der Waals surface area (Å²) < 4.78 is 27.5. The zero-order valence-electron chi connectivity index (χ0n) is 13.3. The highest BCUT2D eigenvalue weighted by Gasteiger charge is 2.27. The lowest BCUT2D eigenvalue weighted by molar-refractivity contribution is 0.193. The number of benzene rings is 1. The molecule has 1 aromatic heterocycles. The minimum atomic E-state index is -3.48. The molecule has 0 saturated carbocycles. The summed E-state index contributed by atoms with van der Waals surface area (Å²) in [5, 5.41) is 5.00. The summed E-state index contributed by atoms with van der Waals surface area (Å²) >= 11 is 7.23. The highest BCUT2D eigenvalue weighted by Crippen LogP contribution is 2.22. The molecular weight excluding hydrogens is 382 g/mol. The zero-order valence-corrected chi connectivity index (χ0v) is 15.7. The van der Waals surface area contributed by atoms with Crippen molar-refractivity contribution >= 4 is 44.7 Å². The quantitative estimate of drug-likeness (QED) is 0.827. The Hall–Kier alpha value is -1.61. The maximum absolute atomic E-state index is 12.3. The molecule has 3 rings (SSSR count). The number of nitrogens with zero attached hydrogens (tertiary/aromatic N) is 1. The molecule has 2 heterocycles. The number of halogens is 1. The third kappa shape index (κ3) is 4.52. The van der Waals surface area contributed by atoms with Crippen LogP contribution in [0.2, 0.25) is 5.02 Å². The van der Waals surface area contributed by atoms with Gasteiger partial charge in [-0.25, -0.2) is 17.9 Å². The van der Waals surface area contributed by atoms with Gasteiger partial charge < -0.3 is 10.2 Å². The topological polar surface area (TPSA) is 78.5 Å². The molecule has 25 heavy (non-hydrogen) atoms. The van der Waals surface area contributed by atoms with E-state index in [9.17, 15) is 13.2 Å². The van der Waals surface area contributed by atoms with Crippen molar-refractivity contribution in [2.24, 2.45) is 0 Å². The molecule has 9 heteroatoms. The molecule has 6 nitrogen and oxygen atoms in total. The lowest BCUT2D eigenvalue weighted by atomic mass is 10.1. The number of hydrogen-bond acceptors (Lipinski definition) is 4. The number of rotatable bonds is 4. The predicted molar refractivity (Wildman–Crippen MR) is 99.7 cm³/mol. The Bertz CT molecular complexity index is 832. The predicted octanol–water partition coefficient (Wildman–Crippen LogP) is 3.38. The third-order valence-corrected chi connectivity index (χ3v) is 7.23. The van der Waals surface area contributed by atoms with Gasteiger partial charge in [0.2, 0.25) is 10.0 Å². The van der Waals surface area contributed by atoms with Gasteiger partial charge in [0.1, 0.15) is 4.21 Å².